The van der Waals surface area contributed by atoms with Gasteiger partial charge < -0.3 is 25.4 Å². The number of nitrogens with two attached hydrogens (primary N) is 1. The minimum absolute atomic E-state index is 0.0787. The molecule has 114 valence electrons. The number of halogens is 1. The molecule has 3 rings (SSSR count). The number of aliphatic hydroxyl groups is 2. The SMILES string of the molecule is CO[C@@H]1[C@H](O)[C@@H](CO)O[C@H]1n1c(Cl)nc2c(N)ncnc21. The van der Waals surface area contributed by atoms with Crippen LogP contribution < -0.4 is 5.73 Å². The van der Waals surface area contributed by atoms with Gasteiger partial charge in [-0.15, -0.1) is 0 Å². The molecule has 0 amide bonds. The Hall–Kier alpha value is -1.52. The molecule has 0 spiro atoms. The first kappa shape index (κ1) is 14.4. The monoisotopic (exact) mass is 315 g/mol. The lowest BCUT2D eigenvalue weighted by atomic mass is 10.1. The summed E-state index contributed by atoms with van der Waals surface area (Å²) in [5, 5.41) is 19.4. The maximum absolute atomic E-state index is 10.1. The van der Waals surface area contributed by atoms with Crippen LogP contribution in [0, 0.1) is 0 Å². The lowest BCUT2D eigenvalue weighted by molar-refractivity contribution is -0.0581. The van der Waals surface area contributed by atoms with Gasteiger partial charge in [-0.05, 0) is 11.6 Å². The first-order valence-corrected chi connectivity index (χ1v) is 6.57. The fraction of sp³-hybridized carbons (Fsp3) is 0.545. The van der Waals surface area contributed by atoms with E-state index >= 15 is 0 Å². The zero-order chi connectivity index (χ0) is 15.1. The third-order valence-corrected chi connectivity index (χ3v) is 3.75. The molecule has 1 fully saturated rings. The van der Waals surface area contributed by atoms with E-state index in [1.165, 1.54) is 18.0 Å². The van der Waals surface area contributed by atoms with Crippen LogP contribution in [0.4, 0.5) is 5.82 Å². The molecule has 2 aromatic heterocycles. The fourth-order valence-electron chi connectivity index (χ4n) is 2.46. The second kappa shape index (κ2) is 5.35. The number of hydrogen-bond donors (Lipinski definition) is 3. The van der Waals surface area contributed by atoms with Crippen LogP contribution in [-0.2, 0) is 9.47 Å². The van der Waals surface area contributed by atoms with Crippen LogP contribution in [0.15, 0.2) is 6.33 Å². The van der Waals surface area contributed by atoms with E-state index in [9.17, 15) is 10.2 Å². The number of rotatable bonds is 3. The maximum Gasteiger partial charge on any atom is 0.207 e. The average Bonchev–Trinajstić information content (AvgIpc) is 2.96. The van der Waals surface area contributed by atoms with Crippen molar-refractivity contribution in [1.29, 1.82) is 0 Å². The molecule has 4 N–H and O–H groups in total. The van der Waals surface area contributed by atoms with Crippen molar-refractivity contribution in [3.05, 3.63) is 11.6 Å². The highest BCUT2D eigenvalue weighted by atomic mass is 35.5. The average molecular weight is 316 g/mol. The first-order chi connectivity index (χ1) is 10.1. The summed E-state index contributed by atoms with van der Waals surface area (Å²) in [7, 11) is 1.43. The number of ether oxygens (including phenoxy) is 2. The second-order valence-electron chi connectivity index (χ2n) is 4.62. The first-order valence-electron chi connectivity index (χ1n) is 6.19. The van der Waals surface area contributed by atoms with Gasteiger partial charge in [0.05, 0.1) is 6.61 Å². The molecule has 0 aromatic carbocycles. The molecule has 9 nitrogen and oxygen atoms in total. The van der Waals surface area contributed by atoms with Gasteiger partial charge in [-0.25, -0.2) is 15.0 Å². The van der Waals surface area contributed by atoms with Crippen LogP contribution in [0.2, 0.25) is 5.28 Å². The number of imidazole rings is 1. The van der Waals surface area contributed by atoms with Gasteiger partial charge in [-0.2, -0.15) is 0 Å². The molecule has 2 aromatic rings. The predicted octanol–water partition coefficient (Wildman–Crippen LogP) is -0.673. The predicted molar refractivity (Wildman–Crippen MR) is 72.5 cm³/mol. The third kappa shape index (κ3) is 2.14. The number of fused-ring (bicyclic) bond motifs is 1. The molecular weight excluding hydrogens is 302 g/mol. The lowest BCUT2D eigenvalue weighted by Gasteiger charge is -2.20. The van der Waals surface area contributed by atoms with Gasteiger partial charge in [-0.3, -0.25) is 4.57 Å². The van der Waals surface area contributed by atoms with Crippen molar-refractivity contribution < 1.29 is 19.7 Å². The Balaban J connectivity index is 2.12. The van der Waals surface area contributed by atoms with Crippen LogP contribution in [-0.4, -0.2) is 61.8 Å². The molecule has 4 atom stereocenters. The number of methoxy groups -OCH3 is 1. The number of nitrogens with zero attached hydrogens (tertiary/aromatic N) is 4. The van der Waals surface area contributed by atoms with Gasteiger partial charge in [0, 0.05) is 7.11 Å². The van der Waals surface area contributed by atoms with Crippen molar-refractivity contribution >= 4 is 28.6 Å². The molecule has 0 unspecified atom stereocenters. The van der Waals surface area contributed by atoms with E-state index < -0.39 is 24.5 Å². The smallest absolute Gasteiger partial charge is 0.207 e. The fourth-order valence-corrected chi connectivity index (χ4v) is 2.72. The Kier molecular flexibility index (Phi) is 3.68. The number of aromatic nitrogens is 4. The van der Waals surface area contributed by atoms with Gasteiger partial charge in [0.2, 0.25) is 5.28 Å². The second-order valence-corrected chi connectivity index (χ2v) is 4.96. The zero-order valence-electron chi connectivity index (χ0n) is 11.0. The number of aliphatic hydroxyl groups excluding tert-OH is 2. The van der Waals surface area contributed by atoms with Crippen molar-refractivity contribution in [2.45, 2.75) is 24.5 Å². The van der Waals surface area contributed by atoms with Crippen LogP contribution >= 0.6 is 11.6 Å². The lowest BCUT2D eigenvalue weighted by Crippen LogP contribution is -2.34. The van der Waals surface area contributed by atoms with E-state index in [2.05, 4.69) is 15.0 Å². The number of hydrogen-bond acceptors (Lipinski definition) is 8. The van der Waals surface area contributed by atoms with Crippen LogP contribution in [0.25, 0.3) is 11.2 Å². The van der Waals surface area contributed by atoms with Gasteiger partial charge in [0.25, 0.3) is 0 Å². The normalized spacial score (nSPS) is 29.3. The number of anilines is 1. The largest absolute Gasteiger partial charge is 0.394 e. The molecule has 1 saturated heterocycles. The van der Waals surface area contributed by atoms with Crippen molar-refractivity contribution in [2.24, 2.45) is 0 Å². The topological polar surface area (TPSA) is 129 Å². The summed E-state index contributed by atoms with van der Waals surface area (Å²) in [5.74, 6) is 0.187. The highest BCUT2D eigenvalue weighted by Gasteiger charge is 2.46. The standard InChI is InChI=1S/C11H14ClN5O4/c1-20-7-6(19)4(2-18)21-10(7)17-9-5(16-11(17)12)8(13)14-3-15-9/h3-4,6-7,10,18-19H,2H2,1H3,(H2,13,14,15)/t4-,6-,7-,10-/m1/s1. The molecule has 0 bridgehead atoms. The Morgan fingerprint density at radius 1 is 1.52 bits per heavy atom. The molecule has 0 saturated carbocycles. The van der Waals surface area contributed by atoms with Crippen molar-refractivity contribution in [1.82, 2.24) is 19.5 Å². The Morgan fingerprint density at radius 2 is 2.29 bits per heavy atom. The minimum atomic E-state index is -1.00. The van der Waals surface area contributed by atoms with E-state index in [1.54, 1.807) is 0 Å². The van der Waals surface area contributed by atoms with E-state index in [-0.39, 0.29) is 17.7 Å². The van der Waals surface area contributed by atoms with Gasteiger partial charge >= 0.3 is 0 Å². The molecular formula is C11H14ClN5O4. The quantitative estimate of drug-likeness (QED) is 0.636. The maximum atomic E-state index is 10.1. The summed E-state index contributed by atoms with van der Waals surface area (Å²) < 4.78 is 12.3. The molecule has 0 aliphatic carbocycles. The van der Waals surface area contributed by atoms with E-state index in [0.717, 1.165) is 0 Å². The summed E-state index contributed by atoms with van der Waals surface area (Å²) >= 11 is 6.13. The third-order valence-electron chi connectivity index (χ3n) is 3.48. The molecule has 0 radical (unpaired) electrons. The Bertz CT molecular complexity index is 665. The van der Waals surface area contributed by atoms with E-state index in [0.29, 0.717) is 11.2 Å². The van der Waals surface area contributed by atoms with E-state index in [1.807, 2.05) is 0 Å². The summed E-state index contributed by atoms with van der Waals surface area (Å²) in [4.78, 5) is 12.0. The summed E-state index contributed by atoms with van der Waals surface area (Å²) in [6.45, 7) is -0.348. The van der Waals surface area contributed by atoms with E-state index in [4.69, 9.17) is 26.8 Å². The molecule has 21 heavy (non-hydrogen) atoms. The molecule has 1 aliphatic heterocycles. The van der Waals surface area contributed by atoms with Crippen molar-refractivity contribution in [3.8, 4) is 0 Å². The summed E-state index contributed by atoms with van der Waals surface area (Å²) in [6.07, 6.45) is -2.02. The minimum Gasteiger partial charge on any atom is -0.394 e. The number of nitrogen functional groups attached to an aromatic ring is 1. The van der Waals surface area contributed by atoms with Gasteiger partial charge in [0.15, 0.2) is 23.2 Å². The van der Waals surface area contributed by atoms with Crippen LogP contribution in [0.1, 0.15) is 6.23 Å². The Labute approximate surface area is 124 Å². The Morgan fingerprint density at radius 3 is 2.95 bits per heavy atom. The summed E-state index contributed by atoms with van der Waals surface area (Å²) in [6, 6.07) is 0. The molecule has 3 heterocycles. The molecule has 1 aliphatic rings. The van der Waals surface area contributed by atoms with Gasteiger partial charge in [0.1, 0.15) is 24.6 Å². The van der Waals surface area contributed by atoms with Crippen molar-refractivity contribution in [2.75, 3.05) is 19.5 Å². The van der Waals surface area contributed by atoms with Gasteiger partial charge in [-0.1, -0.05) is 0 Å². The molecule has 10 heteroatoms. The van der Waals surface area contributed by atoms with Crippen LogP contribution in [0.3, 0.4) is 0 Å². The summed E-state index contributed by atoms with van der Waals surface area (Å²) in [5.41, 5.74) is 6.44. The highest BCUT2D eigenvalue weighted by molar-refractivity contribution is 6.29. The zero-order valence-corrected chi connectivity index (χ0v) is 11.8. The highest BCUT2D eigenvalue weighted by Crippen LogP contribution is 2.36. The van der Waals surface area contributed by atoms with Crippen molar-refractivity contribution in [3.63, 3.8) is 0 Å². The van der Waals surface area contributed by atoms with Crippen LogP contribution in [0.5, 0.6) is 0 Å².